The number of alkyl halides is 2. The number of halogens is 2. The second-order valence-electron chi connectivity index (χ2n) is 7.37. The van der Waals surface area contributed by atoms with Crippen LogP contribution in [0.1, 0.15) is 0 Å². The third-order valence-electron chi connectivity index (χ3n) is 5.05. The van der Waals surface area contributed by atoms with Gasteiger partial charge in [-0.15, -0.1) is 0 Å². The van der Waals surface area contributed by atoms with Gasteiger partial charge >= 0.3 is 0 Å². The number of benzene rings is 4. The molecule has 32 heavy (non-hydrogen) atoms. The fourth-order valence-electron chi connectivity index (χ4n) is 3.61. The minimum Gasteiger partial charge on any atom is -0.0719 e. The fourth-order valence-corrected chi connectivity index (χ4v) is 11.4. The van der Waals surface area contributed by atoms with E-state index in [1.807, 2.05) is 0 Å². The molecule has 166 valence electrons. The molecule has 0 saturated heterocycles. The minimum absolute atomic E-state index is 0. The second-order valence-corrected chi connectivity index (χ2v) is 15.9. The Labute approximate surface area is 220 Å². The van der Waals surface area contributed by atoms with Crippen molar-refractivity contribution < 1.29 is 16.5 Å². The minimum atomic E-state index is -0.491. The third kappa shape index (κ3) is 7.09. The van der Waals surface area contributed by atoms with E-state index in [2.05, 4.69) is 153 Å². The van der Waals surface area contributed by atoms with E-state index < -0.39 is 15.8 Å². The van der Waals surface area contributed by atoms with Crippen LogP contribution in [-0.4, -0.2) is 15.6 Å². The molecule has 0 aromatic heterocycles. The summed E-state index contributed by atoms with van der Waals surface area (Å²) < 4.78 is -0.158. The van der Waals surface area contributed by atoms with Crippen LogP contribution < -0.4 is 21.2 Å². The Hall–Kier alpha value is -0.806. The molecule has 0 unspecified atom stereocenters. The van der Waals surface area contributed by atoms with Crippen LogP contribution in [-0.2, 0) is 16.5 Å². The molecule has 0 fully saturated rings. The van der Waals surface area contributed by atoms with Gasteiger partial charge in [-0.1, -0.05) is 153 Å². The van der Waals surface area contributed by atoms with Crippen LogP contribution in [0.3, 0.4) is 0 Å². The Bertz CT molecular complexity index is 896. The van der Waals surface area contributed by atoms with Gasteiger partial charge in [0.15, 0.2) is 0 Å². The van der Waals surface area contributed by atoms with E-state index in [-0.39, 0.29) is 19.7 Å². The first-order valence-electron chi connectivity index (χ1n) is 10.3. The third-order valence-corrected chi connectivity index (χ3v) is 13.3. The van der Waals surface area contributed by atoms with Crippen LogP contribution in [0.5, 0.6) is 0 Å². The second kappa shape index (κ2) is 12.6. The zero-order valence-corrected chi connectivity index (χ0v) is 23.4. The maximum Gasteiger partial charge on any atom is 0.0895 e. The van der Waals surface area contributed by atoms with Gasteiger partial charge in [0, 0.05) is 28.8 Å². The average Bonchev–Trinajstić information content (AvgIpc) is 2.83. The molecular formula is C27H24Br2NiP2. The molecule has 0 heterocycles. The summed E-state index contributed by atoms with van der Waals surface area (Å²) in [6, 6.07) is 43.8. The van der Waals surface area contributed by atoms with Crippen molar-refractivity contribution in [3.8, 4) is 0 Å². The Morgan fingerprint density at radius 1 is 0.438 bits per heavy atom. The molecule has 4 rings (SSSR count). The molecule has 0 amide bonds. The summed E-state index contributed by atoms with van der Waals surface area (Å²) >= 11 is 8.24. The van der Waals surface area contributed by atoms with Crippen molar-refractivity contribution in [2.24, 2.45) is 0 Å². The first kappa shape index (κ1) is 25.8. The Balaban J connectivity index is 0.00000289. The monoisotopic (exact) mass is 626 g/mol. The number of hydrogen-bond donors (Lipinski definition) is 0. The molecule has 4 aromatic carbocycles. The van der Waals surface area contributed by atoms with Gasteiger partial charge in [0.05, 0.1) is 3.23 Å². The molecule has 4 aromatic rings. The zero-order valence-electron chi connectivity index (χ0n) is 17.4. The van der Waals surface area contributed by atoms with Gasteiger partial charge in [0.25, 0.3) is 0 Å². The van der Waals surface area contributed by atoms with Crippen LogP contribution in [0.2, 0.25) is 0 Å². The summed E-state index contributed by atoms with van der Waals surface area (Å²) in [5.74, 6) is 0. The molecule has 0 nitrogen and oxygen atoms in total. The van der Waals surface area contributed by atoms with Gasteiger partial charge in [-0.05, 0) is 37.1 Å². The first-order valence-corrected chi connectivity index (χ1v) is 14.9. The van der Waals surface area contributed by atoms with E-state index in [0.29, 0.717) is 0 Å². The van der Waals surface area contributed by atoms with E-state index in [1.54, 1.807) is 0 Å². The van der Waals surface area contributed by atoms with E-state index >= 15 is 0 Å². The van der Waals surface area contributed by atoms with E-state index in [9.17, 15) is 0 Å². The smallest absolute Gasteiger partial charge is 0.0719 e. The van der Waals surface area contributed by atoms with Crippen LogP contribution in [0.4, 0.5) is 0 Å². The van der Waals surface area contributed by atoms with Crippen molar-refractivity contribution in [2.45, 2.75) is 3.23 Å². The Kier molecular flexibility index (Phi) is 10.2. The summed E-state index contributed by atoms with van der Waals surface area (Å²) in [6.45, 7) is 0. The van der Waals surface area contributed by atoms with Crippen LogP contribution >= 0.6 is 47.7 Å². The summed E-state index contributed by atoms with van der Waals surface area (Å²) in [5.41, 5.74) is 0. The van der Waals surface area contributed by atoms with E-state index in [1.165, 1.54) is 21.2 Å². The Morgan fingerprint density at radius 2 is 0.656 bits per heavy atom. The van der Waals surface area contributed by atoms with Gasteiger partial charge < -0.3 is 0 Å². The molecule has 0 spiro atoms. The topological polar surface area (TPSA) is 0 Å². The van der Waals surface area contributed by atoms with Crippen molar-refractivity contribution in [1.82, 2.24) is 0 Å². The van der Waals surface area contributed by atoms with Gasteiger partial charge in [0.1, 0.15) is 0 Å². The number of hydrogen-bond acceptors (Lipinski definition) is 0. The molecule has 0 saturated carbocycles. The largest absolute Gasteiger partial charge is 0.0895 e. The Morgan fingerprint density at radius 3 is 0.875 bits per heavy atom. The molecule has 0 atom stereocenters. The molecule has 5 heteroatoms. The van der Waals surface area contributed by atoms with Gasteiger partial charge in [-0.2, -0.15) is 0 Å². The summed E-state index contributed by atoms with van der Waals surface area (Å²) in [4.78, 5) is 0. The van der Waals surface area contributed by atoms with Gasteiger partial charge in [-0.25, -0.2) is 0 Å². The quantitative estimate of drug-likeness (QED) is 0.115. The van der Waals surface area contributed by atoms with E-state index in [0.717, 1.165) is 12.3 Å². The maximum atomic E-state index is 4.12. The van der Waals surface area contributed by atoms with Crippen molar-refractivity contribution in [3.05, 3.63) is 121 Å². The van der Waals surface area contributed by atoms with E-state index in [4.69, 9.17) is 0 Å². The van der Waals surface area contributed by atoms with Crippen LogP contribution in [0.15, 0.2) is 121 Å². The first-order chi connectivity index (χ1) is 15.1. The van der Waals surface area contributed by atoms with Gasteiger partial charge in [0.2, 0.25) is 0 Å². The van der Waals surface area contributed by atoms with Crippen molar-refractivity contribution >= 4 is 68.9 Å². The summed E-state index contributed by atoms with van der Waals surface area (Å²) in [5, 5.41) is 5.65. The summed E-state index contributed by atoms with van der Waals surface area (Å²) in [7, 11) is -0.981. The van der Waals surface area contributed by atoms with Gasteiger partial charge in [-0.3, -0.25) is 0 Å². The normalized spacial score (nSPS) is 11.4. The molecule has 0 N–H and O–H groups in total. The maximum absolute atomic E-state index is 4.12. The standard InChI is InChI=1S/C27H24Br2P2.Ni/c28-27(29,21-30(23-13-5-1-6-14-23)24-15-7-2-8-16-24)22-31(25-17-9-3-10-18-25)26-19-11-4-12-20-26;/h1-20H,21-22H2;. The fraction of sp³-hybridized carbons (Fsp3) is 0.111. The molecule has 0 aliphatic rings. The molecule has 0 aliphatic heterocycles. The van der Waals surface area contributed by atoms with Crippen molar-refractivity contribution in [3.63, 3.8) is 0 Å². The average molecular weight is 629 g/mol. The zero-order chi connectivity index (χ0) is 21.5. The molecule has 0 radical (unpaired) electrons. The van der Waals surface area contributed by atoms with Crippen molar-refractivity contribution in [1.29, 1.82) is 0 Å². The predicted octanol–water partition coefficient (Wildman–Crippen LogP) is 6.74. The molecular weight excluding hydrogens is 605 g/mol. The van der Waals surface area contributed by atoms with Crippen LogP contribution in [0.25, 0.3) is 0 Å². The number of rotatable bonds is 8. The SMILES string of the molecule is BrC(Br)(CP(c1ccccc1)c1ccccc1)CP(c1ccccc1)c1ccccc1.[Ni]. The molecule has 0 aliphatic carbocycles. The van der Waals surface area contributed by atoms with Crippen molar-refractivity contribution in [2.75, 3.05) is 12.3 Å². The predicted molar refractivity (Wildman–Crippen MR) is 148 cm³/mol. The van der Waals surface area contributed by atoms with Crippen LogP contribution in [0, 0.1) is 0 Å². The molecule has 0 bridgehead atoms. The summed E-state index contributed by atoms with van der Waals surface area (Å²) in [6.07, 6.45) is 2.05.